The molecule has 2 heterocycles. The molecule has 0 spiro atoms. The second kappa shape index (κ2) is 9.25. The minimum absolute atomic E-state index is 0.177. The summed E-state index contributed by atoms with van der Waals surface area (Å²) in [5, 5.41) is 6.40. The molecule has 0 aliphatic carbocycles. The van der Waals surface area contributed by atoms with Crippen LogP contribution in [0.5, 0.6) is 0 Å². The molecule has 1 fully saturated rings. The zero-order chi connectivity index (χ0) is 21.9. The molecule has 1 aromatic heterocycles. The number of hydrogen-bond donors (Lipinski definition) is 2. The number of nitrogens with zero attached hydrogens (tertiary/aromatic N) is 2. The van der Waals surface area contributed by atoms with Gasteiger partial charge in [0, 0.05) is 32.7 Å². The summed E-state index contributed by atoms with van der Waals surface area (Å²) >= 11 is 1.24. The van der Waals surface area contributed by atoms with Crippen LogP contribution in [0.4, 0.5) is 5.00 Å². The number of sulfonamides is 1. The van der Waals surface area contributed by atoms with Crippen LogP contribution in [0.3, 0.4) is 0 Å². The standard InChI is InChI=1S/C20H26N4O4S2/c1-14-8-11-24(12-9-14)30(27,28)16-6-4-15(5-7-16)18(25)21-20-17(10-13-29-20)19(26)22-23(2)3/h4-7,10,13-14H,8-9,11-12H2,1-3H3,(H,21,25)(H,22,26). The molecule has 1 aliphatic rings. The molecule has 10 heteroatoms. The number of amides is 2. The van der Waals surface area contributed by atoms with Gasteiger partial charge in [0.25, 0.3) is 11.8 Å². The van der Waals surface area contributed by atoms with E-state index < -0.39 is 15.9 Å². The van der Waals surface area contributed by atoms with Gasteiger partial charge in [-0.15, -0.1) is 11.3 Å². The molecule has 0 bridgehead atoms. The molecule has 0 saturated carbocycles. The highest BCUT2D eigenvalue weighted by molar-refractivity contribution is 7.89. The van der Waals surface area contributed by atoms with Gasteiger partial charge in [0.2, 0.25) is 10.0 Å². The number of hydrazine groups is 1. The van der Waals surface area contributed by atoms with E-state index in [0.717, 1.165) is 12.8 Å². The lowest BCUT2D eigenvalue weighted by Gasteiger charge is -2.29. The van der Waals surface area contributed by atoms with Crippen molar-refractivity contribution in [2.75, 3.05) is 32.5 Å². The fourth-order valence-corrected chi connectivity index (χ4v) is 5.43. The zero-order valence-corrected chi connectivity index (χ0v) is 18.8. The number of piperidine rings is 1. The maximum Gasteiger partial charge on any atom is 0.268 e. The number of thiophene rings is 1. The number of anilines is 1. The Balaban J connectivity index is 1.71. The highest BCUT2D eigenvalue weighted by atomic mass is 32.2. The molecule has 30 heavy (non-hydrogen) atoms. The topological polar surface area (TPSA) is 98.8 Å². The molecular formula is C20H26N4O4S2. The van der Waals surface area contributed by atoms with E-state index in [-0.39, 0.29) is 10.8 Å². The van der Waals surface area contributed by atoms with Gasteiger partial charge < -0.3 is 5.32 Å². The second-order valence-electron chi connectivity index (χ2n) is 7.56. The second-order valence-corrected chi connectivity index (χ2v) is 10.4. The molecule has 3 rings (SSSR count). The molecule has 2 aromatic rings. The summed E-state index contributed by atoms with van der Waals surface area (Å²) in [6.07, 6.45) is 1.70. The molecule has 2 N–H and O–H groups in total. The van der Waals surface area contributed by atoms with Crippen molar-refractivity contribution < 1.29 is 18.0 Å². The predicted octanol–water partition coefficient (Wildman–Crippen LogP) is 2.63. The van der Waals surface area contributed by atoms with E-state index in [1.165, 1.54) is 44.9 Å². The van der Waals surface area contributed by atoms with E-state index in [4.69, 9.17) is 0 Å². The lowest BCUT2D eigenvalue weighted by molar-refractivity contribution is 0.0858. The third-order valence-corrected chi connectivity index (χ3v) is 7.70. The summed E-state index contributed by atoms with van der Waals surface area (Å²) in [4.78, 5) is 25.0. The Labute approximate surface area is 180 Å². The van der Waals surface area contributed by atoms with E-state index in [0.29, 0.717) is 35.1 Å². The van der Waals surface area contributed by atoms with E-state index in [9.17, 15) is 18.0 Å². The molecule has 2 amide bonds. The molecule has 0 atom stereocenters. The van der Waals surface area contributed by atoms with E-state index in [2.05, 4.69) is 17.7 Å². The minimum Gasteiger partial charge on any atom is -0.313 e. The maximum absolute atomic E-state index is 12.8. The van der Waals surface area contributed by atoms with Crippen molar-refractivity contribution in [1.29, 1.82) is 0 Å². The van der Waals surface area contributed by atoms with Gasteiger partial charge in [-0.25, -0.2) is 13.4 Å². The summed E-state index contributed by atoms with van der Waals surface area (Å²) in [5.41, 5.74) is 3.31. The normalized spacial score (nSPS) is 15.9. The molecule has 1 aliphatic heterocycles. The average Bonchev–Trinajstić information content (AvgIpc) is 3.16. The van der Waals surface area contributed by atoms with Crippen LogP contribution in [0.15, 0.2) is 40.6 Å². The molecule has 1 aromatic carbocycles. The summed E-state index contributed by atoms with van der Waals surface area (Å²) < 4.78 is 27.1. The summed E-state index contributed by atoms with van der Waals surface area (Å²) in [6.45, 7) is 3.16. The van der Waals surface area contributed by atoms with Gasteiger partial charge in [0.1, 0.15) is 5.00 Å². The first-order valence-electron chi connectivity index (χ1n) is 9.66. The molecular weight excluding hydrogens is 424 g/mol. The van der Waals surface area contributed by atoms with Crippen LogP contribution in [0, 0.1) is 5.92 Å². The Hall–Kier alpha value is -2.27. The Morgan fingerprint density at radius 3 is 2.30 bits per heavy atom. The number of rotatable bonds is 6. The summed E-state index contributed by atoms with van der Waals surface area (Å²) in [7, 11) is -0.167. The molecule has 1 saturated heterocycles. The van der Waals surface area contributed by atoms with Crippen molar-refractivity contribution in [2.45, 2.75) is 24.7 Å². The van der Waals surface area contributed by atoms with Gasteiger partial charge in [0.05, 0.1) is 10.5 Å². The molecule has 162 valence electrons. The summed E-state index contributed by atoms with van der Waals surface area (Å²) in [6, 6.07) is 7.52. The fraction of sp³-hybridized carbons (Fsp3) is 0.400. The minimum atomic E-state index is -3.56. The number of nitrogens with one attached hydrogen (secondary N) is 2. The number of hydrogen-bond acceptors (Lipinski definition) is 6. The van der Waals surface area contributed by atoms with Gasteiger partial charge >= 0.3 is 0 Å². The third-order valence-electron chi connectivity index (χ3n) is 4.96. The van der Waals surface area contributed by atoms with Gasteiger partial charge in [-0.1, -0.05) is 6.92 Å². The van der Waals surface area contributed by atoms with Crippen molar-refractivity contribution in [2.24, 2.45) is 5.92 Å². The third kappa shape index (κ3) is 5.07. The Kier molecular flexibility index (Phi) is 6.91. The quantitative estimate of drug-likeness (QED) is 0.659. The van der Waals surface area contributed by atoms with Crippen LogP contribution in [0.25, 0.3) is 0 Å². The molecule has 0 radical (unpaired) electrons. The van der Waals surface area contributed by atoms with E-state index >= 15 is 0 Å². The number of benzene rings is 1. The van der Waals surface area contributed by atoms with Crippen molar-refractivity contribution >= 4 is 38.2 Å². The number of carbonyl (C=O) groups is 2. The first kappa shape index (κ1) is 22.4. The average molecular weight is 451 g/mol. The van der Waals surface area contributed by atoms with Crippen LogP contribution in [-0.2, 0) is 10.0 Å². The first-order chi connectivity index (χ1) is 14.2. The molecule has 8 nitrogen and oxygen atoms in total. The van der Waals surface area contributed by atoms with Crippen LogP contribution in [0.1, 0.15) is 40.5 Å². The Morgan fingerprint density at radius 1 is 1.07 bits per heavy atom. The lowest BCUT2D eigenvalue weighted by atomic mass is 10.0. The van der Waals surface area contributed by atoms with Gasteiger partial charge in [-0.2, -0.15) is 4.31 Å². The van der Waals surface area contributed by atoms with E-state index in [1.807, 2.05) is 0 Å². The van der Waals surface area contributed by atoms with E-state index in [1.54, 1.807) is 25.5 Å². The lowest BCUT2D eigenvalue weighted by Crippen LogP contribution is -2.37. The SMILES string of the molecule is CC1CCN(S(=O)(=O)c2ccc(C(=O)Nc3sccc3C(=O)NN(C)C)cc2)CC1. The predicted molar refractivity (Wildman–Crippen MR) is 117 cm³/mol. The van der Waals surface area contributed by atoms with Gasteiger partial charge in [0.15, 0.2) is 0 Å². The highest BCUT2D eigenvalue weighted by Crippen LogP contribution is 2.26. The highest BCUT2D eigenvalue weighted by Gasteiger charge is 2.28. The monoisotopic (exact) mass is 450 g/mol. The van der Waals surface area contributed by atoms with Crippen molar-refractivity contribution in [3.05, 3.63) is 46.8 Å². The Bertz CT molecular complexity index is 1010. The van der Waals surface area contributed by atoms with Crippen LogP contribution in [0.2, 0.25) is 0 Å². The Morgan fingerprint density at radius 2 is 1.70 bits per heavy atom. The fourth-order valence-electron chi connectivity index (χ4n) is 3.18. The largest absolute Gasteiger partial charge is 0.313 e. The zero-order valence-electron chi connectivity index (χ0n) is 17.2. The van der Waals surface area contributed by atoms with Crippen LogP contribution in [-0.4, -0.2) is 56.7 Å². The number of carbonyl (C=O) groups excluding carboxylic acids is 2. The smallest absolute Gasteiger partial charge is 0.268 e. The van der Waals surface area contributed by atoms with Gasteiger partial charge in [-0.05, 0) is 54.5 Å². The van der Waals surface area contributed by atoms with Gasteiger partial charge in [-0.3, -0.25) is 15.0 Å². The first-order valence-corrected chi connectivity index (χ1v) is 12.0. The van der Waals surface area contributed by atoms with Crippen molar-refractivity contribution in [1.82, 2.24) is 14.7 Å². The van der Waals surface area contributed by atoms with Crippen molar-refractivity contribution in [3.63, 3.8) is 0 Å². The maximum atomic E-state index is 12.8. The molecule has 0 unspecified atom stereocenters. The van der Waals surface area contributed by atoms with Crippen LogP contribution >= 0.6 is 11.3 Å². The summed E-state index contributed by atoms with van der Waals surface area (Å²) in [5.74, 6) is -0.203. The van der Waals surface area contributed by atoms with Crippen molar-refractivity contribution in [3.8, 4) is 0 Å². The van der Waals surface area contributed by atoms with Crippen LogP contribution < -0.4 is 10.7 Å².